The van der Waals surface area contributed by atoms with Gasteiger partial charge in [0.05, 0.1) is 34.8 Å². The van der Waals surface area contributed by atoms with Crippen molar-refractivity contribution in [1.82, 2.24) is 25.3 Å². The molecule has 0 saturated carbocycles. The molecule has 0 spiro atoms. The summed E-state index contributed by atoms with van der Waals surface area (Å²) in [4.78, 5) is 32.5. The molecule has 0 radical (unpaired) electrons. The van der Waals surface area contributed by atoms with E-state index in [0.29, 0.717) is 12.1 Å². The summed E-state index contributed by atoms with van der Waals surface area (Å²) in [5, 5.41) is 16.8. The molecule has 9 nitrogen and oxygen atoms in total. The molecule has 1 atom stereocenters. The van der Waals surface area contributed by atoms with Crippen molar-refractivity contribution in [2.24, 2.45) is 0 Å². The van der Waals surface area contributed by atoms with Crippen LogP contribution in [0.3, 0.4) is 0 Å². The molecule has 5 rings (SSSR count). The quantitative estimate of drug-likeness (QED) is 0.330. The molecule has 3 aromatic heterocycles. The standard InChI is InChI=1S/C28H31N7O2.H2S/c1-18(22-4-3-5-23-24(28(37)29-2)6-9-31-27(22)23)14-32-26-13-25(33-17-34-26)19-12-20(16-30-15-19)35-10-7-21(36)8-11-35;/h3-6,9,12-13,15-18,21,36H,7-8,10-11,14H2,1-2H3,(H,29,37)(H,32,33,34);1H2/t18-;/m1./s1. The summed E-state index contributed by atoms with van der Waals surface area (Å²) < 4.78 is 0. The SMILES string of the molecule is CNC(=O)c1ccnc2c([C@H](C)CNc3cc(-c4cncc(N5CCC(O)CC5)c4)ncn3)cccc12.S. The van der Waals surface area contributed by atoms with Gasteiger partial charge >= 0.3 is 0 Å². The van der Waals surface area contributed by atoms with Gasteiger partial charge in [-0.1, -0.05) is 25.1 Å². The van der Waals surface area contributed by atoms with E-state index in [-0.39, 0.29) is 31.4 Å². The Morgan fingerprint density at radius 1 is 1.13 bits per heavy atom. The number of aliphatic hydroxyl groups excluding tert-OH is 1. The van der Waals surface area contributed by atoms with E-state index in [4.69, 9.17) is 0 Å². The number of anilines is 2. The fourth-order valence-corrected chi connectivity index (χ4v) is 4.77. The van der Waals surface area contributed by atoms with Gasteiger partial charge in [0.2, 0.25) is 0 Å². The van der Waals surface area contributed by atoms with Crippen LogP contribution in [0, 0.1) is 0 Å². The Kier molecular flexibility index (Phi) is 8.75. The van der Waals surface area contributed by atoms with Gasteiger partial charge in [0.25, 0.3) is 5.91 Å². The van der Waals surface area contributed by atoms with E-state index in [1.807, 2.05) is 30.6 Å². The number of nitrogens with zero attached hydrogens (tertiary/aromatic N) is 5. The van der Waals surface area contributed by atoms with E-state index >= 15 is 0 Å². The molecule has 4 heterocycles. The second-order valence-electron chi connectivity index (χ2n) is 9.40. The summed E-state index contributed by atoms with van der Waals surface area (Å²) in [7, 11) is 1.63. The molecule has 0 bridgehead atoms. The van der Waals surface area contributed by atoms with Crippen LogP contribution in [0.15, 0.2) is 61.3 Å². The van der Waals surface area contributed by atoms with Gasteiger partial charge in [0.1, 0.15) is 12.1 Å². The Morgan fingerprint density at radius 3 is 2.74 bits per heavy atom. The van der Waals surface area contributed by atoms with Crippen molar-refractivity contribution in [2.75, 3.05) is 36.9 Å². The molecule has 1 aliphatic heterocycles. The van der Waals surface area contributed by atoms with Crippen LogP contribution in [0.1, 0.15) is 41.6 Å². The molecule has 1 fully saturated rings. The first-order chi connectivity index (χ1) is 18.0. The maximum Gasteiger partial charge on any atom is 0.251 e. The van der Waals surface area contributed by atoms with Crippen LogP contribution in [0.5, 0.6) is 0 Å². The van der Waals surface area contributed by atoms with Crippen molar-refractivity contribution in [3.8, 4) is 11.3 Å². The molecule has 1 aliphatic rings. The third-order valence-electron chi connectivity index (χ3n) is 6.91. The van der Waals surface area contributed by atoms with Gasteiger partial charge in [-0.15, -0.1) is 0 Å². The molecule has 0 unspecified atom stereocenters. The van der Waals surface area contributed by atoms with Crippen molar-refractivity contribution in [3.63, 3.8) is 0 Å². The fraction of sp³-hybridized carbons (Fsp3) is 0.321. The molecule has 1 aromatic carbocycles. The molecule has 1 amide bonds. The summed E-state index contributed by atoms with van der Waals surface area (Å²) in [5.74, 6) is 0.719. The number of benzene rings is 1. The van der Waals surface area contributed by atoms with E-state index < -0.39 is 0 Å². The van der Waals surface area contributed by atoms with Crippen LogP contribution >= 0.6 is 13.5 Å². The smallest absolute Gasteiger partial charge is 0.251 e. The van der Waals surface area contributed by atoms with Crippen molar-refractivity contribution >= 4 is 41.8 Å². The highest BCUT2D eigenvalue weighted by Crippen LogP contribution is 2.28. The second-order valence-corrected chi connectivity index (χ2v) is 9.40. The normalized spacial score (nSPS) is 14.6. The van der Waals surface area contributed by atoms with Crippen LogP contribution in [0.4, 0.5) is 11.5 Å². The van der Waals surface area contributed by atoms with Crippen molar-refractivity contribution < 1.29 is 9.90 Å². The van der Waals surface area contributed by atoms with Crippen LogP contribution in [0.25, 0.3) is 22.2 Å². The Labute approximate surface area is 229 Å². The highest BCUT2D eigenvalue weighted by atomic mass is 32.1. The third kappa shape index (κ3) is 5.87. The first kappa shape index (κ1) is 27.3. The number of carbonyl (C=O) groups is 1. The Hall–Kier alpha value is -3.76. The van der Waals surface area contributed by atoms with Gasteiger partial charge in [-0.25, -0.2) is 9.97 Å². The zero-order valence-corrected chi connectivity index (χ0v) is 22.6. The minimum Gasteiger partial charge on any atom is -0.393 e. The largest absolute Gasteiger partial charge is 0.393 e. The zero-order chi connectivity index (χ0) is 25.8. The molecule has 38 heavy (non-hydrogen) atoms. The molecular formula is C28H33N7O2S. The summed E-state index contributed by atoms with van der Waals surface area (Å²) in [6.45, 7) is 4.39. The molecule has 4 aromatic rings. The molecule has 1 saturated heterocycles. The number of hydrogen-bond acceptors (Lipinski definition) is 8. The molecular weight excluding hydrogens is 498 g/mol. The van der Waals surface area contributed by atoms with Crippen molar-refractivity contribution in [2.45, 2.75) is 31.8 Å². The third-order valence-corrected chi connectivity index (χ3v) is 6.91. The Bertz CT molecular complexity index is 1410. The molecule has 198 valence electrons. The number of carbonyl (C=O) groups excluding carboxylic acids is 1. The second kappa shape index (κ2) is 12.2. The molecule has 0 aliphatic carbocycles. The van der Waals surface area contributed by atoms with Gasteiger partial charge in [-0.05, 0) is 30.5 Å². The number of aromatic nitrogens is 4. The first-order valence-electron chi connectivity index (χ1n) is 12.6. The Morgan fingerprint density at radius 2 is 1.95 bits per heavy atom. The number of fused-ring (bicyclic) bond motifs is 1. The topological polar surface area (TPSA) is 116 Å². The van der Waals surface area contributed by atoms with Crippen molar-refractivity contribution in [1.29, 1.82) is 0 Å². The average Bonchev–Trinajstić information content (AvgIpc) is 2.95. The van der Waals surface area contributed by atoms with Gasteiger partial charge in [0, 0.05) is 62.0 Å². The van der Waals surface area contributed by atoms with Crippen LogP contribution in [-0.4, -0.2) is 63.7 Å². The van der Waals surface area contributed by atoms with E-state index in [2.05, 4.69) is 54.5 Å². The number of aliphatic hydroxyl groups is 1. The van der Waals surface area contributed by atoms with Crippen LogP contribution in [-0.2, 0) is 0 Å². The lowest BCUT2D eigenvalue weighted by Gasteiger charge is -2.31. The number of piperidine rings is 1. The van der Waals surface area contributed by atoms with E-state index in [9.17, 15) is 9.90 Å². The van der Waals surface area contributed by atoms with Gasteiger partial charge < -0.3 is 20.6 Å². The predicted octanol–water partition coefficient (Wildman–Crippen LogP) is 3.74. The summed E-state index contributed by atoms with van der Waals surface area (Å²) in [6.07, 6.45) is 8.22. The number of amides is 1. The maximum atomic E-state index is 12.3. The van der Waals surface area contributed by atoms with E-state index in [0.717, 1.165) is 65.2 Å². The average molecular weight is 532 g/mol. The highest BCUT2D eigenvalue weighted by Gasteiger charge is 2.18. The lowest BCUT2D eigenvalue weighted by molar-refractivity contribution is 0.0964. The Balaban J connectivity index is 0.00000336. The number of rotatable bonds is 7. The van der Waals surface area contributed by atoms with E-state index in [1.54, 1.807) is 25.6 Å². The monoisotopic (exact) mass is 531 g/mol. The van der Waals surface area contributed by atoms with Gasteiger partial charge in [0.15, 0.2) is 0 Å². The minimum atomic E-state index is -0.215. The lowest BCUT2D eigenvalue weighted by Crippen LogP contribution is -2.35. The van der Waals surface area contributed by atoms with Gasteiger partial charge in [-0.2, -0.15) is 13.5 Å². The van der Waals surface area contributed by atoms with Crippen molar-refractivity contribution in [3.05, 3.63) is 72.4 Å². The van der Waals surface area contributed by atoms with Gasteiger partial charge in [-0.3, -0.25) is 14.8 Å². The fourth-order valence-electron chi connectivity index (χ4n) is 4.77. The molecule has 3 N–H and O–H groups in total. The number of nitrogens with one attached hydrogen (secondary N) is 2. The maximum absolute atomic E-state index is 12.3. The highest BCUT2D eigenvalue weighted by molar-refractivity contribution is 7.59. The number of hydrogen-bond donors (Lipinski definition) is 3. The predicted molar refractivity (Wildman–Crippen MR) is 155 cm³/mol. The van der Waals surface area contributed by atoms with Crippen LogP contribution in [0.2, 0.25) is 0 Å². The summed E-state index contributed by atoms with van der Waals surface area (Å²) in [6, 6.07) is 11.7. The molecule has 10 heteroatoms. The summed E-state index contributed by atoms with van der Waals surface area (Å²) in [5.41, 5.74) is 5.25. The van der Waals surface area contributed by atoms with Crippen LogP contribution < -0.4 is 15.5 Å². The number of pyridine rings is 2. The first-order valence-corrected chi connectivity index (χ1v) is 12.6. The minimum absolute atomic E-state index is 0. The zero-order valence-electron chi connectivity index (χ0n) is 21.6. The number of para-hydroxylation sites is 1. The lowest BCUT2D eigenvalue weighted by atomic mass is 9.96. The van der Waals surface area contributed by atoms with E-state index in [1.165, 1.54) is 0 Å². The summed E-state index contributed by atoms with van der Waals surface area (Å²) >= 11 is 0.